The van der Waals surface area contributed by atoms with Gasteiger partial charge in [-0.1, -0.05) is 37.3 Å². The van der Waals surface area contributed by atoms with Gasteiger partial charge in [0.2, 0.25) is 0 Å². The van der Waals surface area contributed by atoms with Gasteiger partial charge in [0, 0.05) is 31.3 Å². The molecule has 1 N–H and O–H groups in total. The van der Waals surface area contributed by atoms with Crippen molar-refractivity contribution < 1.29 is 9.72 Å². The average molecular weight is 353 g/mol. The number of anilines is 1. The largest absolute Gasteiger partial charge is 0.366 e. The maximum atomic E-state index is 12.4. The van der Waals surface area contributed by atoms with Gasteiger partial charge in [0.1, 0.15) is 5.69 Å². The quantitative estimate of drug-likeness (QED) is 0.656. The van der Waals surface area contributed by atoms with Crippen LogP contribution in [0, 0.1) is 16.0 Å². The Morgan fingerprint density at radius 2 is 2.04 bits per heavy atom. The second-order valence-electron chi connectivity index (χ2n) is 6.82. The highest BCUT2D eigenvalue weighted by Crippen LogP contribution is 2.32. The fraction of sp³-hybridized carbons (Fsp3) is 0.350. The fourth-order valence-corrected chi connectivity index (χ4v) is 3.37. The molecule has 1 amide bonds. The number of piperidine rings is 1. The number of carbonyl (C=O) groups excluding carboxylic acids is 1. The van der Waals surface area contributed by atoms with Crippen LogP contribution < -0.4 is 10.2 Å². The first-order valence-electron chi connectivity index (χ1n) is 8.90. The smallest absolute Gasteiger partial charge is 0.293 e. The first kappa shape index (κ1) is 17.9. The van der Waals surface area contributed by atoms with Crippen LogP contribution in [0.4, 0.5) is 11.4 Å². The van der Waals surface area contributed by atoms with Crippen LogP contribution in [0.1, 0.15) is 35.7 Å². The van der Waals surface area contributed by atoms with Gasteiger partial charge in [-0.2, -0.15) is 0 Å². The molecule has 2 aromatic rings. The van der Waals surface area contributed by atoms with Crippen molar-refractivity contribution in [3.8, 4) is 0 Å². The topological polar surface area (TPSA) is 75.5 Å². The first-order chi connectivity index (χ1) is 12.5. The predicted octanol–water partition coefficient (Wildman–Crippen LogP) is 3.76. The van der Waals surface area contributed by atoms with E-state index in [4.69, 9.17) is 0 Å². The number of nitro benzene ring substituents is 1. The van der Waals surface area contributed by atoms with Crippen molar-refractivity contribution in [1.29, 1.82) is 0 Å². The number of rotatable bonds is 5. The summed E-state index contributed by atoms with van der Waals surface area (Å²) in [4.78, 5) is 25.6. The number of amides is 1. The average Bonchev–Trinajstić information content (AvgIpc) is 2.66. The molecule has 1 atom stereocenters. The molecule has 26 heavy (non-hydrogen) atoms. The molecule has 0 saturated carbocycles. The predicted molar refractivity (Wildman–Crippen MR) is 101 cm³/mol. The SMILES string of the molecule is CC1CCCN(c2ccc(C(=O)NCc3ccccc3)cc2[N+](=O)[O-])C1. The highest BCUT2D eigenvalue weighted by molar-refractivity contribution is 5.95. The lowest BCUT2D eigenvalue weighted by atomic mass is 9.99. The number of nitro groups is 1. The summed E-state index contributed by atoms with van der Waals surface area (Å²) in [6.07, 6.45) is 2.17. The van der Waals surface area contributed by atoms with Crippen molar-refractivity contribution in [2.75, 3.05) is 18.0 Å². The number of carbonyl (C=O) groups is 1. The summed E-state index contributed by atoms with van der Waals surface area (Å²) in [5, 5.41) is 14.4. The van der Waals surface area contributed by atoms with Gasteiger partial charge in [0.05, 0.1) is 4.92 Å². The first-order valence-corrected chi connectivity index (χ1v) is 8.90. The van der Waals surface area contributed by atoms with Crippen LogP contribution in [-0.4, -0.2) is 23.9 Å². The fourth-order valence-electron chi connectivity index (χ4n) is 3.37. The summed E-state index contributed by atoms with van der Waals surface area (Å²) >= 11 is 0. The van der Waals surface area contributed by atoms with E-state index < -0.39 is 4.92 Å². The van der Waals surface area contributed by atoms with Gasteiger partial charge in [-0.05, 0) is 36.5 Å². The summed E-state index contributed by atoms with van der Waals surface area (Å²) in [6.45, 7) is 4.16. The Labute approximate surface area is 153 Å². The lowest BCUT2D eigenvalue weighted by molar-refractivity contribution is -0.384. The molecule has 0 aromatic heterocycles. The van der Waals surface area contributed by atoms with Crippen molar-refractivity contribution in [2.45, 2.75) is 26.3 Å². The Kier molecular flexibility index (Phi) is 5.51. The number of nitrogens with one attached hydrogen (secondary N) is 1. The molecule has 6 heteroatoms. The van der Waals surface area contributed by atoms with E-state index >= 15 is 0 Å². The highest BCUT2D eigenvalue weighted by atomic mass is 16.6. The third-order valence-electron chi connectivity index (χ3n) is 4.73. The monoisotopic (exact) mass is 353 g/mol. The zero-order valence-electron chi connectivity index (χ0n) is 14.9. The third kappa shape index (κ3) is 4.20. The molecular formula is C20H23N3O3. The van der Waals surface area contributed by atoms with Gasteiger partial charge in [-0.25, -0.2) is 0 Å². The van der Waals surface area contributed by atoms with E-state index in [1.807, 2.05) is 30.3 Å². The molecule has 136 valence electrons. The Balaban J connectivity index is 1.77. The van der Waals surface area contributed by atoms with Crippen LogP contribution >= 0.6 is 0 Å². The number of hydrogen-bond acceptors (Lipinski definition) is 4. The van der Waals surface area contributed by atoms with E-state index in [2.05, 4.69) is 17.1 Å². The lowest BCUT2D eigenvalue weighted by Gasteiger charge is -2.32. The van der Waals surface area contributed by atoms with Gasteiger partial charge in [-0.3, -0.25) is 14.9 Å². The summed E-state index contributed by atoms with van der Waals surface area (Å²) in [5.74, 6) is 0.202. The minimum absolute atomic E-state index is 0.00791. The molecule has 1 aliphatic heterocycles. The Bertz CT molecular complexity index is 792. The molecule has 3 rings (SSSR count). The van der Waals surface area contributed by atoms with Crippen LogP contribution in [0.5, 0.6) is 0 Å². The Morgan fingerprint density at radius 1 is 1.27 bits per heavy atom. The van der Waals surface area contributed by atoms with Gasteiger partial charge in [-0.15, -0.1) is 0 Å². The van der Waals surface area contributed by atoms with Gasteiger partial charge >= 0.3 is 0 Å². The van der Waals surface area contributed by atoms with Crippen molar-refractivity contribution in [3.05, 3.63) is 69.8 Å². The molecule has 0 spiro atoms. The van der Waals surface area contributed by atoms with E-state index in [1.165, 1.54) is 6.07 Å². The minimum Gasteiger partial charge on any atom is -0.366 e. The van der Waals surface area contributed by atoms with Crippen molar-refractivity contribution in [2.24, 2.45) is 5.92 Å². The minimum atomic E-state index is -0.400. The second kappa shape index (κ2) is 7.99. The van der Waals surface area contributed by atoms with Gasteiger partial charge in [0.15, 0.2) is 0 Å². The Morgan fingerprint density at radius 3 is 2.73 bits per heavy atom. The molecule has 1 saturated heterocycles. The van der Waals surface area contributed by atoms with Crippen molar-refractivity contribution >= 4 is 17.3 Å². The Hall–Kier alpha value is -2.89. The molecule has 2 aromatic carbocycles. The van der Waals surface area contributed by atoms with Gasteiger partial charge < -0.3 is 10.2 Å². The van der Waals surface area contributed by atoms with Crippen LogP contribution in [0.25, 0.3) is 0 Å². The second-order valence-corrected chi connectivity index (χ2v) is 6.82. The maximum Gasteiger partial charge on any atom is 0.293 e. The maximum absolute atomic E-state index is 12.4. The van der Waals surface area contributed by atoms with Crippen LogP contribution in [-0.2, 0) is 6.54 Å². The third-order valence-corrected chi connectivity index (χ3v) is 4.73. The van der Waals surface area contributed by atoms with E-state index in [0.29, 0.717) is 23.7 Å². The van der Waals surface area contributed by atoms with E-state index in [9.17, 15) is 14.9 Å². The molecule has 0 aliphatic carbocycles. The zero-order chi connectivity index (χ0) is 18.5. The van der Waals surface area contributed by atoms with Crippen LogP contribution in [0.15, 0.2) is 48.5 Å². The molecule has 1 fully saturated rings. The molecule has 1 aliphatic rings. The summed E-state index contributed by atoms with van der Waals surface area (Å²) < 4.78 is 0. The van der Waals surface area contributed by atoms with Crippen molar-refractivity contribution in [3.63, 3.8) is 0 Å². The molecule has 1 unspecified atom stereocenters. The van der Waals surface area contributed by atoms with Gasteiger partial charge in [0.25, 0.3) is 11.6 Å². The summed E-state index contributed by atoms with van der Waals surface area (Å²) in [5.41, 5.74) is 1.88. The number of nitrogens with zero attached hydrogens (tertiary/aromatic N) is 2. The van der Waals surface area contributed by atoms with Crippen molar-refractivity contribution in [1.82, 2.24) is 5.32 Å². The standard InChI is InChI=1S/C20H23N3O3/c1-15-6-5-11-22(14-15)18-10-9-17(12-19(18)23(25)26)20(24)21-13-16-7-3-2-4-8-16/h2-4,7-10,12,15H,5-6,11,13-14H2,1H3,(H,21,24). The molecule has 0 bridgehead atoms. The van der Waals surface area contributed by atoms with Crippen LogP contribution in [0.3, 0.4) is 0 Å². The van der Waals surface area contributed by atoms with E-state index in [0.717, 1.165) is 31.5 Å². The number of hydrogen-bond donors (Lipinski definition) is 1. The van der Waals surface area contributed by atoms with Crippen LogP contribution in [0.2, 0.25) is 0 Å². The van der Waals surface area contributed by atoms with E-state index in [-0.39, 0.29) is 11.6 Å². The highest BCUT2D eigenvalue weighted by Gasteiger charge is 2.25. The normalized spacial score (nSPS) is 17.0. The van der Waals surface area contributed by atoms with E-state index in [1.54, 1.807) is 12.1 Å². The summed E-state index contributed by atoms with van der Waals surface area (Å²) in [7, 11) is 0. The molecule has 1 heterocycles. The molecule has 6 nitrogen and oxygen atoms in total. The lowest BCUT2D eigenvalue weighted by Crippen LogP contribution is -2.34. The molecular weight excluding hydrogens is 330 g/mol. The summed E-state index contributed by atoms with van der Waals surface area (Å²) in [6, 6.07) is 14.3. The zero-order valence-corrected chi connectivity index (χ0v) is 14.9. The molecule has 0 radical (unpaired) electrons. The number of benzene rings is 2.